The molecule has 0 unspecified atom stereocenters. The van der Waals surface area contributed by atoms with E-state index < -0.39 is 0 Å². The lowest BCUT2D eigenvalue weighted by atomic mass is 10.0. The molecular weight excluding hydrogens is 364 g/mol. The summed E-state index contributed by atoms with van der Waals surface area (Å²) in [5.74, 6) is -0.129. The van der Waals surface area contributed by atoms with Crippen LogP contribution < -0.4 is 5.32 Å². The van der Waals surface area contributed by atoms with Gasteiger partial charge in [0.15, 0.2) is 0 Å². The molecule has 2 aromatic carbocycles. The Bertz CT molecular complexity index is 886. The molecule has 5 heteroatoms. The first-order valence-electron chi connectivity index (χ1n) is 10.1. The fraction of sp³-hybridized carbons (Fsp3) is 0.333. The fourth-order valence-corrected chi connectivity index (χ4v) is 3.33. The van der Waals surface area contributed by atoms with Crippen LogP contribution in [-0.2, 0) is 14.3 Å². The number of nitrogens with zero attached hydrogens (tertiary/aromatic N) is 1. The van der Waals surface area contributed by atoms with Crippen LogP contribution in [0.4, 0.5) is 5.69 Å². The van der Waals surface area contributed by atoms with Gasteiger partial charge in [-0.25, -0.2) is 0 Å². The Morgan fingerprint density at radius 3 is 2.28 bits per heavy atom. The number of ether oxygens (including phenoxy) is 1. The van der Waals surface area contributed by atoms with Gasteiger partial charge in [-0.1, -0.05) is 56.3 Å². The van der Waals surface area contributed by atoms with Crippen LogP contribution in [0.3, 0.4) is 0 Å². The Morgan fingerprint density at radius 1 is 0.966 bits per heavy atom. The predicted molar refractivity (Wildman–Crippen MR) is 115 cm³/mol. The van der Waals surface area contributed by atoms with Gasteiger partial charge in [-0.2, -0.15) is 0 Å². The van der Waals surface area contributed by atoms with E-state index in [-0.39, 0.29) is 11.8 Å². The van der Waals surface area contributed by atoms with E-state index in [0.29, 0.717) is 43.4 Å². The third kappa shape index (κ3) is 4.74. The second-order valence-corrected chi connectivity index (χ2v) is 7.33. The Balaban J connectivity index is 1.89. The summed E-state index contributed by atoms with van der Waals surface area (Å²) in [4.78, 5) is 27.5. The van der Waals surface area contributed by atoms with Gasteiger partial charge >= 0.3 is 0 Å². The molecule has 0 fully saturated rings. The molecule has 1 aliphatic heterocycles. The number of hydrogen-bond acceptors (Lipinski definition) is 4. The smallest absolute Gasteiger partial charge is 0.278 e. The first kappa shape index (κ1) is 20.8. The normalized spacial score (nSPS) is 14.3. The maximum absolute atomic E-state index is 13.1. The topological polar surface area (TPSA) is 58.6 Å². The van der Waals surface area contributed by atoms with E-state index in [0.717, 1.165) is 11.3 Å². The number of benzene rings is 2. The average molecular weight is 392 g/mol. The van der Waals surface area contributed by atoms with E-state index >= 15 is 0 Å². The number of anilines is 1. The minimum absolute atomic E-state index is 0.265. The molecule has 0 radical (unpaired) electrons. The zero-order valence-electron chi connectivity index (χ0n) is 17.3. The number of nitrogens with one attached hydrogen (secondary N) is 1. The molecule has 1 heterocycles. The summed E-state index contributed by atoms with van der Waals surface area (Å²) < 4.78 is 5.35. The van der Waals surface area contributed by atoms with Gasteiger partial charge in [0, 0.05) is 25.4 Å². The van der Waals surface area contributed by atoms with Crippen LogP contribution >= 0.6 is 0 Å². The standard InChI is InChI=1S/C24H28N2O3/c1-4-29-16-8-15-26-23(27)21(19-9-6-5-7-10-19)22(24(26)28)25-20-13-11-18(12-14-20)17(2)3/h5-7,9-14,17,25H,4,8,15-16H2,1-3H3. The summed E-state index contributed by atoms with van der Waals surface area (Å²) in [6.45, 7) is 7.68. The first-order valence-corrected chi connectivity index (χ1v) is 10.1. The number of imide groups is 1. The molecule has 0 aromatic heterocycles. The van der Waals surface area contributed by atoms with Crippen molar-refractivity contribution in [1.82, 2.24) is 4.90 Å². The highest BCUT2D eigenvalue weighted by atomic mass is 16.5. The lowest BCUT2D eigenvalue weighted by Crippen LogP contribution is -2.34. The molecule has 0 atom stereocenters. The maximum Gasteiger partial charge on any atom is 0.278 e. The SMILES string of the molecule is CCOCCCN1C(=O)C(Nc2ccc(C(C)C)cc2)=C(c2ccccc2)C1=O. The summed E-state index contributed by atoms with van der Waals surface area (Å²) in [6.07, 6.45) is 0.615. The lowest BCUT2D eigenvalue weighted by Gasteiger charge is -2.15. The molecule has 1 aliphatic rings. The van der Waals surface area contributed by atoms with Gasteiger partial charge in [-0.15, -0.1) is 0 Å². The van der Waals surface area contributed by atoms with Crippen molar-refractivity contribution in [3.05, 3.63) is 71.4 Å². The third-order valence-corrected chi connectivity index (χ3v) is 4.95. The zero-order valence-corrected chi connectivity index (χ0v) is 17.3. The minimum Gasteiger partial charge on any atom is -0.382 e. The molecule has 0 bridgehead atoms. The second kappa shape index (κ2) is 9.52. The van der Waals surface area contributed by atoms with Crippen molar-refractivity contribution in [2.24, 2.45) is 0 Å². The molecule has 152 valence electrons. The van der Waals surface area contributed by atoms with E-state index in [4.69, 9.17) is 4.74 Å². The van der Waals surface area contributed by atoms with Crippen LogP contribution in [0.2, 0.25) is 0 Å². The molecule has 0 aliphatic carbocycles. The first-order chi connectivity index (χ1) is 14.0. The van der Waals surface area contributed by atoms with E-state index in [1.165, 1.54) is 10.5 Å². The van der Waals surface area contributed by atoms with E-state index in [1.54, 1.807) is 0 Å². The van der Waals surface area contributed by atoms with Crippen LogP contribution in [0.15, 0.2) is 60.3 Å². The molecule has 0 saturated heterocycles. The quantitative estimate of drug-likeness (QED) is 0.507. The molecule has 3 rings (SSSR count). The molecule has 0 spiro atoms. The number of hydrogen-bond donors (Lipinski definition) is 1. The average Bonchev–Trinajstić information content (AvgIpc) is 2.96. The molecular formula is C24H28N2O3. The lowest BCUT2D eigenvalue weighted by molar-refractivity contribution is -0.137. The van der Waals surface area contributed by atoms with Crippen LogP contribution in [0.5, 0.6) is 0 Å². The third-order valence-electron chi connectivity index (χ3n) is 4.95. The van der Waals surface area contributed by atoms with Gasteiger partial charge in [0.05, 0.1) is 5.57 Å². The van der Waals surface area contributed by atoms with Gasteiger partial charge in [0.25, 0.3) is 11.8 Å². The molecule has 5 nitrogen and oxygen atoms in total. The Labute approximate surface area is 172 Å². The van der Waals surface area contributed by atoms with Gasteiger partial charge in [0.2, 0.25) is 0 Å². The molecule has 1 N–H and O–H groups in total. The van der Waals surface area contributed by atoms with Crippen LogP contribution in [0.25, 0.3) is 5.57 Å². The zero-order chi connectivity index (χ0) is 20.8. The maximum atomic E-state index is 13.1. The van der Waals surface area contributed by atoms with Crippen molar-refractivity contribution in [3.8, 4) is 0 Å². The minimum atomic E-state index is -0.293. The van der Waals surface area contributed by atoms with Crippen molar-refractivity contribution >= 4 is 23.1 Å². The van der Waals surface area contributed by atoms with Crippen molar-refractivity contribution in [2.75, 3.05) is 25.1 Å². The van der Waals surface area contributed by atoms with Gasteiger partial charge < -0.3 is 10.1 Å². The second-order valence-electron chi connectivity index (χ2n) is 7.33. The fourth-order valence-electron chi connectivity index (χ4n) is 3.33. The van der Waals surface area contributed by atoms with Crippen LogP contribution in [0, 0.1) is 0 Å². The summed E-state index contributed by atoms with van der Waals surface area (Å²) in [5, 5.41) is 3.20. The monoisotopic (exact) mass is 392 g/mol. The summed E-state index contributed by atoms with van der Waals surface area (Å²) in [5.41, 5.74) is 3.49. The van der Waals surface area contributed by atoms with Crippen molar-refractivity contribution in [3.63, 3.8) is 0 Å². The van der Waals surface area contributed by atoms with Crippen molar-refractivity contribution in [1.29, 1.82) is 0 Å². The Hall–Kier alpha value is -2.92. The van der Waals surface area contributed by atoms with E-state index in [9.17, 15) is 9.59 Å². The molecule has 29 heavy (non-hydrogen) atoms. The summed E-state index contributed by atoms with van der Waals surface area (Å²) >= 11 is 0. The van der Waals surface area contributed by atoms with Crippen LogP contribution in [0.1, 0.15) is 44.2 Å². The van der Waals surface area contributed by atoms with Gasteiger partial charge in [-0.05, 0) is 42.5 Å². The largest absolute Gasteiger partial charge is 0.382 e. The number of carbonyl (C=O) groups is 2. The highest BCUT2D eigenvalue weighted by Gasteiger charge is 2.38. The van der Waals surface area contributed by atoms with Gasteiger partial charge in [-0.3, -0.25) is 14.5 Å². The van der Waals surface area contributed by atoms with Crippen LogP contribution in [-0.4, -0.2) is 36.5 Å². The van der Waals surface area contributed by atoms with Gasteiger partial charge in [0.1, 0.15) is 5.70 Å². The molecule has 2 amide bonds. The summed E-state index contributed by atoms with van der Waals surface area (Å²) in [7, 11) is 0. The highest BCUT2D eigenvalue weighted by molar-refractivity contribution is 6.36. The predicted octanol–water partition coefficient (Wildman–Crippen LogP) is 4.43. The number of amides is 2. The number of carbonyl (C=O) groups excluding carboxylic acids is 2. The Morgan fingerprint density at radius 2 is 1.66 bits per heavy atom. The van der Waals surface area contributed by atoms with E-state index in [2.05, 4.69) is 19.2 Å². The summed E-state index contributed by atoms with van der Waals surface area (Å²) in [6, 6.07) is 17.3. The number of rotatable bonds is 9. The van der Waals surface area contributed by atoms with Crippen molar-refractivity contribution in [2.45, 2.75) is 33.1 Å². The highest BCUT2D eigenvalue weighted by Crippen LogP contribution is 2.30. The Kier molecular flexibility index (Phi) is 6.83. The van der Waals surface area contributed by atoms with E-state index in [1.807, 2.05) is 61.5 Å². The molecule has 0 saturated carbocycles. The molecule has 2 aromatic rings. The van der Waals surface area contributed by atoms with Crippen molar-refractivity contribution < 1.29 is 14.3 Å².